The van der Waals surface area contributed by atoms with Gasteiger partial charge in [-0.15, -0.1) is 0 Å². The van der Waals surface area contributed by atoms with E-state index in [0.717, 1.165) is 29.2 Å². The highest BCUT2D eigenvalue weighted by Crippen LogP contribution is 2.34. The average Bonchev–Trinajstić information content (AvgIpc) is 3.21. The fourth-order valence-corrected chi connectivity index (χ4v) is 4.84. The number of amides is 1. The van der Waals surface area contributed by atoms with Gasteiger partial charge in [0.2, 0.25) is 5.91 Å². The number of nitrogens with one attached hydrogen (secondary N) is 1. The summed E-state index contributed by atoms with van der Waals surface area (Å²) in [6, 6.07) is 9.47. The Morgan fingerprint density at radius 3 is 2.65 bits per heavy atom. The third-order valence-corrected chi connectivity index (χ3v) is 6.76. The van der Waals surface area contributed by atoms with Gasteiger partial charge in [0.1, 0.15) is 17.1 Å². The molecule has 1 atom stereocenters. The van der Waals surface area contributed by atoms with Crippen LogP contribution in [-0.4, -0.2) is 38.7 Å². The highest BCUT2D eigenvalue weighted by molar-refractivity contribution is 5.83. The van der Waals surface area contributed by atoms with Crippen molar-refractivity contribution in [3.63, 3.8) is 0 Å². The van der Waals surface area contributed by atoms with Gasteiger partial charge in [0.15, 0.2) is 11.6 Å². The van der Waals surface area contributed by atoms with E-state index in [9.17, 15) is 9.59 Å². The van der Waals surface area contributed by atoms with E-state index >= 15 is 8.78 Å². The Morgan fingerprint density at radius 1 is 1.09 bits per heavy atom. The predicted molar refractivity (Wildman–Crippen MR) is 120 cm³/mol. The van der Waals surface area contributed by atoms with Gasteiger partial charge in [-0.3, -0.25) is 4.79 Å². The topological polar surface area (TPSA) is 84.1 Å². The summed E-state index contributed by atoms with van der Waals surface area (Å²) in [5.41, 5.74) is 0.504. The maximum Gasteiger partial charge on any atom is 0.348 e. The Balaban J connectivity index is 1.30. The minimum Gasteiger partial charge on any atom is -0.464 e. The second kappa shape index (κ2) is 7.93. The maximum atomic E-state index is 15.2. The van der Waals surface area contributed by atoms with Gasteiger partial charge >= 0.3 is 5.69 Å². The summed E-state index contributed by atoms with van der Waals surface area (Å²) >= 11 is 0. The number of hydrogen-bond acceptors (Lipinski definition) is 4. The van der Waals surface area contributed by atoms with E-state index in [1.54, 1.807) is 30.5 Å². The minimum absolute atomic E-state index is 0.0729. The van der Waals surface area contributed by atoms with E-state index in [2.05, 4.69) is 10.2 Å². The summed E-state index contributed by atoms with van der Waals surface area (Å²) in [4.78, 5) is 26.7. The molecule has 0 spiro atoms. The lowest BCUT2D eigenvalue weighted by Gasteiger charge is -2.16. The number of halogens is 2. The second-order valence-corrected chi connectivity index (χ2v) is 9.16. The molecule has 0 bridgehead atoms. The number of furan rings is 1. The first kappa shape index (κ1) is 20.8. The number of hydrogen-bond donors (Lipinski definition) is 1. The molecular formula is C25H22F2N4O3. The Bertz CT molecular complexity index is 1440. The molecule has 6 rings (SSSR count). The summed E-state index contributed by atoms with van der Waals surface area (Å²) < 4.78 is 36.8. The number of aromatic amines is 1. The molecule has 1 N–H and O–H groups in total. The van der Waals surface area contributed by atoms with Crippen LogP contribution in [-0.2, 0) is 11.2 Å². The van der Waals surface area contributed by atoms with Crippen LogP contribution in [0, 0.1) is 23.5 Å². The van der Waals surface area contributed by atoms with Crippen molar-refractivity contribution in [2.45, 2.75) is 25.7 Å². The molecule has 1 saturated heterocycles. The molecule has 2 aliphatic rings. The summed E-state index contributed by atoms with van der Waals surface area (Å²) in [5.74, 6) is -1.06. The second-order valence-electron chi connectivity index (χ2n) is 9.16. The number of carbonyl (C=O) groups is 1. The van der Waals surface area contributed by atoms with Gasteiger partial charge in [0, 0.05) is 30.8 Å². The molecule has 4 aromatic rings. The minimum atomic E-state index is -0.857. The highest BCUT2D eigenvalue weighted by Gasteiger charge is 2.37. The quantitative estimate of drug-likeness (QED) is 0.483. The standard InChI is InChI=1S/C25H22F2N4O3/c26-19-11-18(16-3-4-21-17(10-16)6-8-34-21)12-20(27)23(19)31-22(28-29-25(31)33)9-14-5-7-30(13-14)24(32)15-1-2-15/h3-4,6,8,10-12,14-15H,1-2,5,7,9,13H2,(H,29,33)/t14-/m0/s1. The number of rotatable bonds is 5. The summed E-state index contributed by atoms with van der Waals surface area (Å²) in [5, 5.41) is 7.19. The zero-order valence-electron chi connectivity index (χ0n) is 18.3. The van der Waals surface area contributed by atoms with Gasteiger partial charge in [-0.05, 0) is 66.6 Å². The van der Waals surface area contributed by atoms with Crippen molar-refractivity contribution in [2.24, 2.45) is 11.8 Å². The summed E-state index contributed by atoms with van der Waals surface area (Å²) in [7, 11) is 0. The average molecular weight is 464 g/mol. The fraction of sp³-hybridized carbons (Fsp3) is 0.320. The van der Waals surface area contributed by atoms with Crippen LogP contribution >= 0.6 is 0 Å². The van der Waals surface area contributed by atoms with Gasteiger partial charge in [-0.2, -0.15) is 5.10 Å². The number of H-pyrrole nitrogens is 1. The molecule has 0 radical (unpaired) electrons. The molecule has 3 heterocycles. The van der Waals surface area contributed by atoms with Crippen molar-refractivity contribution in [1.29, 1.82) is 0 Å². The molecule has 34 heavy (non-hydrogen) atoms. The largest absolute Gasteiger partial charge is 0.464 e. The Kier molecular flexibility index (Phi) is 4.86. The number of nitrogens with zero attached hydrogens (tertiary/aromatic N) is 3. The van der Waals surface area contributed by atoms with Crippen LogP contribution in [0.4, 0.5) is 8.78 Å². The van der Waals surface area contributed by atoms with Crippen LogP contribution in [0.2, 0.25) is 0 Å². The lowest BCUT2D eigenvalue weighted by atomic mass is 10.0. The zero-order chi connectivity index (χ0) is 23.4. The highest BCUT2D eigenvalue weighted by atomic mass is 19.1. The van der Waals surface area contributed by atoms with E-state index in [-0.39, 0.29) is 23.6 Å². The molecule has 174 valence electrons. The smallest absolute Gasteiger partial charge is 0.348 e. The Hall–Kier alpha value is -3.75. The third kappa shape index (κ3) is 3.61. The molecular weight excluding hydrogens is 442 g/mol. The fourth-order valence-electron chi connectivity index (χ4n) is 4.84. The molecule has 1 aliphatic carbocycles. The molecule has 9 heteroatoms. The predicted octanol–water partition coefficient (Wildman–Crippen LogP) is 4.05. The monoisotopic (exact) mass is 464 g/mol. The molecule has 1 aliphatic heterocycles. The van der Waals surface area contributed by atoms with Crippen molar-refractivity contribution in [3.8, 4) is 16.8 Å². The molecule has 2 aromatic carbocycles. The number of benzene rings is 2. The van der Waals surface area contributed by atoms with E-state index < -0.39 is 23.0 Å². The molecule has 2 aromatic heterocycles. The lowest BCUT2D eigenvalue weighted by Crippen LogP contribution is -2.30. The number of carbonyl (C=O) groups excluding carboxylic acids is 1. The Morgan fingerprint density at radius 2 is 1.88 bits per heavy atom. The normalized spacial score (nSPS) is 18.2. The van der Waals surface area contributed by atoms with Gasteiger partial charge in [0.25, 0.3) is 0 Å². The zero-order valence-corrected chi connectivity index (χ0v) is 18.3. The molecule has 1 saturated carbocycles. The molecule has 7 nitrogen and oxygen atoms in total. The van der Waals surface area contributed by atoms with Crippen LogP contribution in [0.3, 0.4) is 0 Å². The summed E-state index contributed by atoms with van der Waals surface area (Å²) in [6.45, 7) is 1.23. The van der Waals surface area contributed by atoms with E-state index in [4.69, 9.17) is 4.42 Å². The first-order chi connectivity index (χ1) is 16.5. The van der Waals surface area contributed by atoms with E-state index in [1.807, 2.05) is 4.90 Å². The SMILES string of the molecule is O=C(C1CC1)N1CC[C@@H](Cc2n[nH]c(=O)n2-c2c(F)cc(-c3ccc4occc4c3)cc2F)C1. The number of fused-ring (bicyclic) bond motifs is 1. The third-order valence-electron chi connectivity index (χ3n) is 6.76. The number of likely N-dealkylation sites (tertiary alicyclic amines) is 1. The van der Waals surface area contributed by atoms with Crippen LogP contribution in [0.25, 0.3) is 27.8 Å². The van der Waals surface area contributed by atoms with Crippen LogP contribution in [0.1, 0.15) is 25.1 Å². The van der Waals surface area contributed by atoms with Crippen LogP contribution < -0.4 is 5.69 Å². The number of aromatic nitrogens is 3. The van der Waals surface area contributed by atoms with Crippen molar-refractivity contribution >= 4 is 16.9 Å². The molecule has 1 amide bonds. The van der Waals surface area contributed by atoms with Crippen molar-refractivity contribution in [2.75, 3.05) is 13.1 Å². The van der Waals surface area contributed by atoms with Gasteiger partial charge in [0.05, 0.1) is 6.26 Å². The first-order valence-corrected chi connectivity index (χ1v) is 11.4. The van der Waals surface area contributed by atoms with Crippen molar-refractivity contribution in [3.05, 3.63) is 70.6 Å². The first-order valence-electron chi connectivity index (χ1n) is 11.4. The van der Waals surface area contributed by atoms with E-state index in [1.165, 1.54) is 12.1 Å². The van der Waals surface area contributed by atoms with Crippen LogP contribution in [0.5, 0.6) is 0 Å². The van der Waals surface area contributed by atoms with E-state index in [0.29, 0.717) is 36.2 Å². The van der Waals surface area contributed by atoms with Crippen molar-refractivity contribution in [1.82, 2.24) is 19.7 Å². The summed E-state index contributed by atoms with van der Waals surface area (Å²) in [6.07, 6.45) is 4.55. The van der Waals surface area contributed by atoms with Crippen molar-refractivity contribution < 1.29 is 18.0 Å². The lowest BCUT2D eigenvalue weighted by molar-refractivity contribution is -0.131. The van der Waals surface area contributed by atoms with Gasteiger partial charge in [-0.25, -0.2) is 23.2 Å². The van der Waals surface area contributed by atoms with Gasteiger partial charge in [-0.1, -0.05) is 6.07 Å². The van der Waals surface area contributed by atoms with Crippen LogP contribution in [0.15, 0.2) is 51.9 Å². The Labute approximate surface area is 193 Å². The maximum absolute atomic E-state index is 15.2. The molecule has 0 unspecified atom stereocenters. The van der Waals surface area contributed by atoms with Gasteiger partial charge < -0.3 is 9.32 Å². The molecule has 2 fully saturated rings.